The maximum atomic E-state index is 5.68. The molecule has 7 heteroatoms. The number of nitrogens with one attached hydrogen (secondary N) is 2. The third kappa shape index (κ3) is 2.68. The van der Waals surface area contributed by atoms with Crippen LogP contribution in [0, 0.1) is 0 Å². The number of hydrogen-bond acceptors (Lipinski definition) is 5. The second kappa shape index (κ2) is 6.05. The van der Waals surface area contributed by atoms with E-state index in [-0.39, 0.29) is 12.0 Å². The van der Waals surface area contributed by atoms with Crippen LogP contribution in [0.4, 0.5) is 0 Å². The molecule has 2 aromatic rings. The fourth-order valence-corrected chi connectivity index (χ4v) is 3.68. The Hall–Kier alpha value is -1.73. The molecule has 2 atom stereocenters. The number of nitrogens with zero attached hydrogens (tertiary/aromatic N) is 4. The van der Waals surface area contributed by atoms with Gasteiger partial charge in [-0.15, -0.1) is 0 Å². The van der Waals surface area contributed by atoms with Crippen LogP contribution in [-0.2, 0) is 37.6 Å². The number of fused-ring (bicyclic) bond motifs is 1. The molecule has 7 nitrogen and oxygen atoms in total. The van der Waals surface area contributed by atoms with Crippen molar-refractivity contribution in [3.8, 4) is 0 Å². The molecule has 23 heavy (non-hydrogen) atoms. The lowest BCUT2D eigenvalue weighted by Gasteiger charge is -2.17. The maximum absolute atomic E-state index is 5.68. The molecule has 1 saturated heterocycles. The molecule has 0 aromatic carbocycles. The molecule has 0 unspecified atom stereocenters. The minimum absolute atomic E-state index is 0.216. The van der Waals surface area contributed by atoms with Crippen LogP contribution in [0.15, 0.2) is 0 Å². The van der Waals surface area contributed by atoms with Crippen LogP contribution in [0.2, 0.25) is 0 Å². The quantitative estimate of drug-likeness (QED) is 0.855. The van der Waals surface area contributed by atoms with E-state index in [1.807, 2.05) is 11.7 Å². The highest BCUT2D eigenvalue weighted by Gasteiger charge is 2.33. The first-order chi connectivity index (χ1) is 11.3. The maximum Gasteiger partial charge on any atom is 0.157 e. The topological polar surface area (TPSA) is 80.7 Å². The van der Waals surface area contributed by atoms with Gasteiger partial charge in [-0.05, 0) is 24.8 Å². The zero-order valence-electron chi connectivity index (χ0n) is 13.8. The molecule has 0 bridgehead atoms. The van der Waals surface area contributed by atoms with Gasteiger partial charge in [0.1, 0.15) is 5.82 Å². The van der Waals surface area contributed by atoms with Crippen LogP contribution in [0.5, 0.6) is 0 Å². The molecule has 1 fully saturated rings. The predicted molar refractivity (Wildman–Crippen MR) is 85.2 cm³/mol. The van der Waals surface area contributed by atoms with Crippen LogP contribution >= 0.6 is 0 Å². The summed E-state index contributed by atoms with van der Waals surface area (Å²) in [6, 6.07) is 0.252. The van der Waals surface area contributed by atoms with E-state index in [4.69, 9.17) is 4.74 Å². The Balaban J connectivity index is 1.46. The van der Waals surface area contributed by atoms with Gasteiger partial charge in [-0.2, -0.15) is 10.2 Å². The molecule has 3 heterocycles. The van der Waals surface area contributed by atoms with Crippen molar-refractivity contribution in [1.29, 1.82) is 0 Å². The average molecular weight is 316 g/mol. The summed E-state index contributed by atoms with van der Waals surface area (Å²) < 4.78 is 7.71. The van der Waals surface area contributed by atoms with Crippen molar-refractivity contribution in [2.24, 2.45) is 7.05 Å². The zero-order chi connectivity index (χ0) is 15.8. The standard InChI is InChI=1S/C16H24N6O/c1-3-15-18-16(20-19-15)11-8-23-9-13(11)17-7-14-10-5-4-6-12(10)21-22(14)2/h11,13,17H,3-9H2,1-2H3,(H,18,19,20)/t11-,13+/m1/s1. The summed E-state index contributed by atoms with van der Waals surface area (Å²) in [5, 5.41) is 15.7. The molecule has 0 spiro atoms. The Kier molecular flexibility index (Phi) is 3.90. The summed E-state index contributed by atoms with van der Waals surface area (Å²) in [7, 11) is 2.04. The molecule has 0 amide bonds. The third-order valence-electron chi connectivity index (χ3n) is 5.03. The molecule has 124 valence electrons. The Morgan fingerprint density at radius 2 is 2.26 bits per heavy atom. The molecular weight excluding hydrogens is 292 g/mol. The Labute approximate surface area is 135 Å². The molecule has 1 aliphatic heterocycles. The van der Waals surface area contributed by atoms with Crippen molar-refractivity contribution in [2.75, 3.05) is 13.2 Å². The first-order valence-electron chi connectivity index (χ1n) is 8.52. The number of aromatic amines is 1. The van der Waals surface area contributed by atoms with Gasteiger partial charge in [-0.3, -0.25) is 9.78 Å². The number of aryl methyl sites for hydroxylation is 3. The van der Waals surface area contributed by atoms with Crippen molar-refractivity contribution < 1.29 is 4.74 Å². The molecule has 2 aromatic heterocycles. The molecule has 2 N–H and O–H groups in total. The predicted octanol–water partition coefficient (Wildman–Crippen LogP) is 0.861. The fraction of sp³-hybridized carbons (Fsp3) is 0.688. The van der Waals surface area contributed by atoms with Crippen LogP contribution in [0.25, 0.3) is 0 Å². The van der Waals surface area contributed by atoms with Crippen molar-refractivity contribution in [3.63, 3.8) is 0 Å². The van der Waals surface area contributed by atoms with Crippen LogP contribution < -0.4 is 5.32 Å². The minimum Gasteiger partial charge on any atom is -0.379 e. The van der Waals surface area contributed by atoms with Gasteiger partial charge in [0.25, 0.3) is 0 Å². The van der Waals surface area contributed by atoms with Crippen LogP contribution in [0.1, 0.15) is 47.9 Å². The molecular formula is C16H24N6O. The molecule has 0 saturated carbocycles. The van der Waals surface area contributed by atoms with Crippen molar-refractivity contribution in [1.82, 2.24) is 30.3 Å². The summed E-state index contributed by atoms with van der Waals surface area (Å²) in [6.45, 7) is 4.30. The second-order valence-corrected chi connectivity index (χ2v) is 6.47. The molecule has 2 aliphatic rings. The SMILES string of the molecule is CCc1nc([C@@H]2COC[C@@H]2NCc2c3c(nn2C)CCC3)n[nH]1. The van der Waals surface area contributed by atoms with E-state index in [0.29, 0.717) is 13.2 Å². The van der Waals surface area contributed by atoms with Crippen LogP contribution in [0.3, 0.4) is 0 Å². The second-order valence-electron chi connectivity index (χ2n) is 6.47. The lowest BCUT2D eigenvalue weighted by molar-refractivity contribution is 0.187. The van der Waals surface area contributed by atoms with E-state index >= 15 is 0 Å². The van der Waals surface area contributed by atoms with E-state index in [9.17, 15) is 0 Å². The van der Waals surface area contributed by atoms with Gasteiger partial charge in [0.15, 0.2) is 5.82 Å². The van der Waals surface area contributed by atoms with Gasteiger partial charge in [0.05, 0.1) is 30.5 Å². The van der Waals surface area contributed by atoms with Crippen LogP contribution in [-0.4, -0.2) is 44.2 Å². The number of aromatic nitrogens is 5. The Morgan fingerprint density at radius 3 is 3.09 bits per heavy atom. The lowest BCUT2D eigenvalue weighted by Crippen LogP contribution is -2.35. The van der Waals surface area contributed by atoms with Gasteiger partial charge in [-0.25, -0.2) is 4.98 Å². The average Bonchev–Trinajstić information content (AvgIpc) is 3.29. The van der Waals surface area contributed by atoms with Crippen molar-refractivity contribution in [3.05, 3.63) is 28.6 Å². The lowest BCUT2D eigenvalue weighted by atomic mass is 10.0. The van der Waals surface area contributed by atoms with E-state index < -0.39 is 0 Å². The Bertz CT molecular complexity index is 691. The van der Waals surface area contributed by atoms with Gasteiger partial charge >= 0.3 is 0 Å². The summed E-state index contributed by atoms with van der Waals surface area (Å²) in [5.41, 5.74) is 4.04. The highest BCUT2D eigenvalue weighted by molar-refractivity contribution is 5.30. The summed E-state index contributed by atoms with van der Waals surface area (Å²) >= 11 is 0. The normalized spacial score (nSPS) is 23.6. The van der Waals surface area contributed by atoms with E-state index in [2.05, 4.69) is 32.5 Å². The van der Waals surface area contributed by atoms with Crippen molar-refractivity contribution in [2.45, 2.75) is 51.1 Å². The monoisotopic (exact) mass is 316 g/mol. The smallest absolute Gasteiger partial charge is 0.157 e. The number of ether oxygens (including phenoxy) is 1. The number of hydrogen-bond donors (Lipinski definition) is 2. The zero-order valence-corrected chi connectivity index (χ0v) is 13.8. The van der Waals surface area contributed by atoms with Gasteiger partial charge in [-0.1, -0.05) is 6.92 Å². The van der Waals surface area contributed by atoms with Crippen molar-refractivity contribution >= 4 is 0 Å². The van der Waals surface area contributed by atoms with E-state index in [0.717, 1.165) is 37.5 Å². The van der Waals surface area contributed by atoms with Gasteiger partial charge < -0.3 is 10.1 Å². The molecule has 1 aliphatic carbocycles. The van der Waals surface area contributed by atoms with Gasteiger partial charge in [0.2, 0.25) is 0 Å². The largest absolute Gasteiger partial charge is 0.379 e. The third-order valence-corrected chi connectivity index (χ3v) is 5.03. The summed E-state index contributed by atoms with van der Waals surface area (Å²) in [5.74, 6) is 2.02. The molecule has 4 rings (SSSR count). The van der Waals surface area contributed by atoms with E-state index in [1.54, 1.807) is 0 Å². The van der Waals surface area contributed by atoms with Gasteiger partial charge in [0, 0.05) is 26.1 Å². The number of rotatable bonds is 5. The molecule has 0 radical (unpaired) electrons. The minimum atomic E-state index is 0.216. The first kappa shape index (κ1) is 14.8. The number of H-pyrrole nitrogens is 1. The first-order valence-corrected chi connectivity index (χ1v) is 8.52. The highest BCUT2D eigenvalue weighted by atomic mass is 16.5. The van der Waals surface area contributed by atoms with E-state index in [1.165, 1.54) is 23.4 Å². The fourth-order valence-electron chi connectivity index (χ4n) is 3.68. The summed E-state index contributed by atoms with van der Waals surface area (Å²) in [4.78, 5) is 4.58. The highest BCUT2D eigenvalue weighted by Crippen LogP contribution is 2.26. The Morgan fingerprint density at radius 1 is 1.35 bits per heavy atom. The summed E-state index contributed by atoms with van der Waals surface area (Å²) in [6.07, 6.45) is 4.39.